The molecule has 0 rings (SSSR count). The molecular weight excluding hydrogens is 131 g/mol. The Labute approximate surface area is 92.8 Å². The second-order valence-electron chi connectivity index (χ2n) is 1.28. The Bertz CT molecular complexity index is 122. The van der Waals surface area contributed by atoms with Crippen LogP contribution >= 0.6 is 0 Å². The van der Waals surface area contributed by atoms with Crippen LogP contribution in [-0.2, 0) is 9.59 Å². The molecule has 1 unspecified atom stereocenters. The van der Waals surface area contributed by atoms with Gasteiger partial charge in [-0.05, 0) is 6.92 Å². The van der Waals surface area contributed by atoms with E-state index in [1.807, 2.05) is 0 Å². The van der Waals surface area contributed by atoms with E-state index < -0.39 is 11.7 Å². The van der Waals surface area contributed by atoms with Gasteiger partial charge < -0.3 is 9.59 Å². The number of hydrogen-bond acceptors (Lipinski definition) is 2. The maximum Gasteiger partial charge on any atom is 1.00 e. The van der Waals surface area contributed by atoms with Crippen LogP contribution in [0.4, 0.5) is 0 Å². The molecule has 1 atom stereocenters. The van der Waals surface area contributed by atoms with Crippen molar-refractivity contribution in [1.29, 1.82) is 0 Å². The monoisotopic (exact) mass is 139 g/mol. The molecule has 0 spiro atoms. The fraction of sp³-hybridized carbons (Fsp3) is 0.600. The Kier molecular flexibility index (Phi) is 6.85. The summed E-state index contributed by atoms with van der Waals surface area (Å²) in [4.78, 5) is 20.0. The van der Waals surface area contributed by atoms with Gasteiger partial charge in [0, 0.05) is 1.37 Å². The number of rotatable bonds is 2. The van der Waals surface area contributed by atoms with Crippen LogP contribution in [0, 0.1) is 5.89 Å². The minimum atomic E-state index is -1.65. The summed E-state index contributed by atoms with van der Waals surface area (Å²) in [5, 5.41) is 0. The molecule has 0 aromatic heterocycles. The predicted octanol–water partition coefficient (Wildman–Crippen LogP) is -2.67. The number of carbonyl (C=O) groups is 1. The molecule has 0 saturated carbocycles. The molecule has 3 heteroatoms. The van der Waals surface area contributed by atoms with E-state index in [0.29, 0.717) is 0 Å². The number of ketones is 1. The first kappa shape index (κ1) is 8.98. The van der Waals surface area contributed by atoms with Crippen LogP contribution in [0.5, 0.6) is 0 Å². The summed E-state index contributed by atoms with van der Waals surface area (Å²) >= 11 is 0. The van der Waals surface area contributed by atoms with E-state index >= 15 is 0 Å². The summed E-state index contributed by atoms with van der Waals surface area (Å²) in [6, 6.07) is 0. The fourth-order valence-corrected chi connectivity index (χ4v) is 0.0719. The SMILES string of the molecule is [2H]C(C)([C-]=O)C(C)=O.[K+]. The minimum Gasteiger partial charge on any atom is -0.541 e. The number of hydrogen-bond donors (Lipinski definition) is 0. The molecule has 0 aliphatic carbocycles. The summed E-state index contributed by atoms with van der Waals surface area (Å²) in [6.45, 7) is 2.40. The van der Waals surface area contributed by atoms with E-state index in [0.717, 1.165) is 0 Å². The quantitative estimate of drug-likeness (QED) is 0.237. The first-order valence-electron chi connectivity index (χ1n) is 2.41. The fourth-order valence-electron chi connectivity index (χ4n) is 0.0719. The van der Waals surface area contributed by atoms with Crippen molar-refractivity contribution >= 4 is 12.1 Å². The molecule has 0 fully saturated rings. The normalized spacial score (nSPS) is 17.0. The van der Waals surface area contributed by atoms with E-state index in [1.54, 1.807) is 0 Å². The summed E-state index contributed by atoms with van der Waals surface area (Å²) in [7, 11) is 0. The van der Waals surface area contributed by atoms with Crippen molar-refractivity contribution in [3.63, 3.8) is 0 Å². The predicted molar refractivity (Wildman–Crippen MR) is 25.5 cm³/mol. The third kappa shape index (κ3) is 5.12. The standard InChI is InChI=1S/C5H7O2.K/c1-4(3-6)5(2)7;/h4H,1-2H3;/q-1;+1/i4D;. The summed E-state index contributed by atoms with van der Waals surface area (Å²) < 4.78 is 6.86. The summed E-state index contributed by atoms with van der Waals surface area (Å²) in [5.74, 6) is -2.13. The average molecular weight is 139 g/mol. The van der Waals surface area contributed by atoms with Gasteiger partial charge >= 0.3 is 51.4 Å². The van der Waals surface area contributed by atoms with Crippen LogP contribution in [0.15, 0.2) is 0 Å². The van der Waals surface area contributed by atoms with E-state index in [1.165, 1.54) is 20.1 Å². The molecule has 40 valence electrons. The van der Waals surface area contributed by atoms with Crippen LogP contribution in [0.25, 0.3) is 0 Å². The first-order chi connectivity index (χ1) is 3.50. The second kappa shape index (κ2) is 6.10. The van der Waals surface area contributed by atoms with Gasteiger partial charge in [-0.15, -0.1) is 0 Å². The van der Waals surface area contributed by atoms with Gasteiger partial charge in [0.15, 0.2) is 0 Å². The van der Waals surface area contributed by atoms with Gasteiger partial charge in [0.05, 0.1) is 0 Å². The molecule has 0 radical (unpaired) electrons. The van der Waals surface area contributed by atoms with Crippen LogP contribution < -0.4 is 51.4 Å². The zero-order valence-corrected chi connectivity index (χ0v) is 8.44. The van der Waals surface area contributed by atoms with Gasteiger partial charge in [-0.3, -0.25) is 6.29 Å². The number of carbonyl (C=O) groups excluding carboxylic acids is 2. The first-order valence-corrected chi connectivity index (χ1v) is 1.91. The van der Waals surface area contributed by atoms with Crippen molar-refractivity contribution < 1.29 is 62.3 Å². The van der Waals surface area contributed by atoms with Crippen molar-refractivity contribution in [3.8, 4) is 0 Å². The third-order valence-electron chi connectivity index (χ3n) is 0.681. The van der Waals surface area contributed by atoms with Crippen LogP contribution in [-0.4, -0.2) is 12.1 Å². The van der Waals surface area contributed by atoms with Gasteiger partial charge in [-0.1, -0.05) is 12.8 Å². The molecule has 0 saturated heterocycles. The smallest absolute Gasteiger partial charge is 0.541 e. The van der Waals surface area contributed by atoms with Crippen molar-refractivity contribution in [1.82, 2.24) is 0 Å². The zero-order valence-electron chi connectivity index (χ0n) is 6.32. The Morgan fingerprint density at radius 2 is 2.25 bits per heavy atom. The van der Waals surface area contributed by atoms with E-state index in [4.69, 9.17) is 1.37 Å². The topological polar surface area (TPSA) is 34.1 Å². The molecular formula is C5H7KO2. The van der Waals surface area contributed by atoms with E-state index in [9.17, 15) is 9.59 Å². The second-order valence-corrected chi connectivity index (χ2v) is 1.28. The maximum atomic E-state index is 10.2. The molecule has 2 nitrogen and oxygen atoms in total. The van der Waals surface area contributed by atoms with Crippen molar-refractivity contribution in [3.05, 3.63) is 0 Å². The van der Waals surface area contributed by atoms with Gasteiger partial charge in [0.25, 0.3) is 0 Å². The summed E-state index contributed by atoms with van der Waals surface area (Å²) in [6.07, 6.45) is 1.31. The molecule has 0 aromatic carbocycles. The largest absolute Gasteiger partial charge is 1.00 e. The van der Waals surface area contributed by atoms with Gasteiger partial charge in [0.2, 0.25) is 0 Å². The third-order valence-corrected chi connectivity index (χ3v) is 0.681. The Hall–Kier alpha value is 0.976. The number of Topliss-reactive ketones (excluding diaryl/α,β-unsaturated/α-hetero) is 1. The van der Waals surface area contributed by atoms with Crippen molar-refractivity contribution in [2.45, 2.75) is 13.8 Å². The molecule has 0 amide bonds. The minimum absolute atomic E-state index is 0. The summed E-state index contributed by atoms with van der Waals surface area (Å²) in [5.41, 5.74) is 0. The Morgan fingerprint density at radius 1 is 1.88 bits per heavy atom. The average Bonchev–Trinajstić information content (AvgIpc) is 1.67. The van der Waals surface area contributed by atoms with E-state index in [2.05, 4.69) is 0 Å². The molecule has 0 aliphatic rings. The molecule has 0 aliphatic heterocycles. The molecule has 8 heavy (non-hydrogen) atoms. The van der Waals surface area contributed by atoms with Crippen molar-refractivity contribution in [2.24, 2.45) is 5.89 Å². The van der Waals surface area contributed by atoms with Gasteiger partial charge in [-0.2, -0.15) is 0 Å². The molecule has 0 bridgehead atoms. The zero-order chi connectivity index (χ0) is 6.78. The van der Waals surface area contributed by atoms with Crippen LogP contribution in [0.1, 0.15) is 15.2 Å². The Morgan fingerprint density at radius 3 is 2.25 bits per heavy atom. The van der Waals surface area contributed by atoms with E-state index in [-0.39, 0.29) is 51.4 Å². The van der Waals surface area contributed by atoms with Gasteiger partial charge in [-0.25, -0.2) is 0 Å². The molecule has 0 heterocycles. The molecule has 0 N–H and O–H groups in total. The van der Waals surface area contributed by atoms with Crippen molar-refractivity contribution in [2.75, 3.05) is 0 Å². The van der Waals surface area contributed by atoms with Crippen LogP contribution in [0.3, 0.4) is 0 Å². The Balaban J connectivity index is 0. The molecule has 0 aromatic rings. The van der Waals surface area contributed by atoms with Crippen LogP contribution in [0.2, 0.25) is 0 Å². The maximum absolute atomic E-state index is 10.2. The van der Waals surface area contributed by atoms with Gasteiger partial charge in [0.1, 0.15) is 5.78 Å².